The van der Waals surface area contributed by atoms with Gasteiger partial charge in [-0.1, -0.05) is 64.5 Å². The van der Waals surface area contributed by atoms with Crippen molar-refractivity contribution in [1.82, 2.24) is 0 Å². The molecule has 0 saturated heterocycles. The first kappa shape index (κ1) is 19.0. The number of para-hydroxylation sites is 1. The highest BCUT2D eigenvalue weighted by Gasteiger charge is 2.17. The molecule has 1 atom stereocenters. The van der Waals surface area contributed by atoms with Gasteiger partial charge in [0.15, 0.2) is 0 Å². The number of nitrogens with zero attached hydrogens (tertiary/aromatic N) is 1. The van der Waals surface area contributed by atoms with E-state index in [2.05, 4.69) is 40.3 Å². The first-order valence-corrected chi connectivity index (χ1v) is 9.62. The standard InChI is InChI=1S/C23H21BrN2O/c1-17-7-5-6-10-22(17)26-15-19(14-25)21-13-20(24)11-12-23(21)27-16-18-8-3-2-4-9-18/h2-13,19,26H,15-16H2,1H3. The Morgan fingerprint density at radius 2 is 1.78 bits per heavy atom. The first-order valence-electron chi connectivity index (χ1n) is 8.82. The predicted molar refractivity (Wildman–Crippen MR) is 113 cm³/mol. The van der Waals surface area contributed by atoms with E-state index < -0.39 is 0 Å². The van der Waals surface area contributed by atoms with E-state index in [0.717, 1.165) is 32.6 Å². The maximum Gasteiger partial charge on any atom is 0.124 e. The summed E-state index contributed by atoms with van der Waals surface area (Å²) >= 11 is 3.51. The Hall–Kier alpha value is -2.77. The van der Waals surface area contributed by atoms with Crippen LogP contribution in [-0.2, 0) is 6.61 Å². The summed E-state index contributed by atoms with van der Waals surface area (Å²) in [6.07, 6.45) is 0. The zero-order chi connectivity index (χ0) is 19.1. The third-order valence-corrected chi connectivity index (χ3v) is 4.88. The quantitative estimate of drug-likeness (QED) is 0.505. The number of nitrogens with one attached hydrogen (secondary N) is 1. The van der Waals surface area contributed by atoms with Gasteiger partial charge >= 0.3 is 0 Å². The van der Waals surface area contributed by atoms with E-state index in [1.54, 1.807) is 0 Å². The molecule has 3 rings (SSSR count). The molecule has 136 valence electrons. The van der Waals surface area contributed by atoms with Crippen molar-refractivity contribution in [1.29, 1.82) is 5.26 Å². The molecule has 0 aliphatic carbocycles. The van der Waals surface area contributed by atoms with Crippen molar-refractivity contribution in [2.24, 2.45) is 0 Å². The summed E-state index contributed by atoms with van der Waals surface area (Å²) in [6, 6.07) is 26.3. The minimum atomic E-state index is -0.326. The zero-order valence-corrected chi connectivity index (χ0v) is 16.7. The monoisotopic (exact) mass is 420 g/mol. The van der Waals surface area contributed by atoms with E-state index in [1.807, 2.05) is 66.7 Å². The van der Waals surface area contributed by atoms with Crippen molar-refractivity contribution in [3.63, 3.8) is 0 Å². The second-order valence-corrected chi connectivity index (χ2v) is 7.25. The van der Waals surface area contributed by atoms with Gasteiger partial charge in [-0.15, -0.1) is 0 Å². The smallest absolute Gasteiger partial charge is 0.124 e. The van der Waals surface area contributed by atoms with Gasteiger partial charge in [-0.2, -0.15) is 5.26 Å². The molecular formula is C23H21BrN2O. The molecule has 0 aliphatic heterocycles. The Morgan fingerprint density at radius 1 is 1.04 bits per heavy atom. The molecule has 27 heavy (non-hydrogen) atoms. The van der Waals surface area contributed by atoms with Crippen LogP contribution in [0, 0.1) is 18.3 Å². The molecule has 0 amide bonds. The molecule has 0 radical (unpaired) electrons. The van der Waals surface area contributed by atoms with Crippen LogP contribution in [0.4, 0.5) is 5.69 Å². The fourth-order valence-corrected chi connectivity index (χ4v) is 3.25. The first-order chi connectivity index (χ1) is 13.2. The highest BCUT2D eigenvalue weighted by molar-refractivity contribution is 9.10. The third-order valence-electron chi connectivity index (χ3n) is 4.38. The largest absolute Gasteiger partial charge is 0.489 e. The maximum absolute atomic E-state index is 9.77. The average molecular weight is 421 g/mol. The molecule has 3 nitrogen and oxygen atoms in total. The van der Waals surface area contributed by atoms with Crippen LogP contribution < -0.4 is 10.1 Å². The van der Waals surface area contributed by atoms with E-state index >= 15 is 0 Å². The Balaban J connectivity index is 1.77. The molecule has 3 aromatic rings. The topological polar surface area (TPSA) is 45.0 Å². The number of nitriles is 1. The highest BCUT2D eigenvalue weighted by Crippen LogP contribution is 2.31. The van der Waals surface area contributed by atoms with Gasteiger partial charge in [-0.25, -0.2) is 0 Å². The summed E-state index contributed by atoms with van der Waals surface area (Å²) in [6.45, 7) is 3.04. The van der Waals surface area contributed by atoms with Crippen LogP contribution in [0.5, 0.6) is 5.75 Å². The summed E-state index contributed by atoms with van der Waals surface area (Å²) < 4.78 is 6.97. The van der Waals surface area contributed by atoms with Gasteiger partial charge in [0.25, 0.3) is 0 Å². The Bertz CT molecular complexity index is 935. The van der Waals surface area contributed by atoms with E-state index in [4.69, 9.17) is 4.74 Å². The fraction of sp³-hybridized carbons (Fsp3) is 0.174. The van der Waals surface area contributed by atoms with Gasteiger partial charge in [0, 0.05) is 22.3 Å². The SMILES string of the molecule is Cc1ccccc1NCC(C#N)c1cc(Br)ccc1OCc1ccccc1. The van der Waals surface area contributed by atoms with Crippen molar-refractivity contribution in [3.8, 4) is 11.8 Å². The molecule has 1 N–H and O–H groups in total. The van der Waals surface area contributed by atoms with Crippen LogP contribution in [0.2, 0.25) is 0 Å². The number of hydrogen-bond donors (Lipinski definition) is 1. The molecule has 0 saturated carbocycles. The highest BCUT2D eigenvalue weighted by atomic mass is 79.9. The summed E-state index contributed by atoms with van der Waals surface area (Å²) in [5.41, 5.74) is 4.17. The van der Waals surface area contributed by atoms with Crippen molar-refractivity contribution < 1.29 is 4.74 Å². The van der Waals surface area contributed by atoms with Crippen LogP contribution >= 0.6 is 15.9 Å². The fourth-order valence-electron chi connectivity index (χ4n) is 2.87. The van der Waals surface area contributed by atoms with Crippen molar-refractivity contribution >= 4 is 21.6 Å². The Morgan fingerprint density at radius 3 is 2.52 bits per heavy atom. The maximum atomic E-state index is 9.77. The third kappa shape index (κ3) is 5.12. The molecule has 0 fully saturated rings. The summed E-state index contributed by atoms with van der Waals surface area (Å²) in [5.74, 6) is 0.410. The lowest BCUT2D eigenvalue weighted by Crippen LogP contribution is -2.13. The van der Waals surface area contributed by atoms with Gasteiger partial charge in [-0.3, -0.25) is 0 Å². The minimum absolute atomic E-state index is 0.326. The molecule has 0 aromatic heterocycles. The number of anilines is 1. The van der Waals surface area contributed by atoms with Gasteiger partial charge in [-0.05, 0) is 42.3 Å². The van der Waals surface area contributed by atoms with Crippen LogP contribution in [0.25, 0.3) is 0 Å². The molecule has 0 heterocycles. The minimum Gasteiger partial charge on any atom is -0.489 e. The van der Waals surface area contributed by atoms with Gasteiger partial charge in [0.1, 0.15) is 12.4 Å². The zero-order valence-electron chi connectivity index (χ0n) is 15.2. The lowest BCUT2D eigenvalue weighted by molar-refractivity contribution is 0.302. The molecule has 0 bridgehead atoms. The van der Waals surface area contributed by atoms with Gasteiger partial charge in [0.05, 0.1) is 12.0 Å². The molecular weight excluding hydrogens is 400 g/mol. The van der Waals surface area contributed by atoms with E-state index in [-0.39, 0.29) is 5.92 Å². The number of halogens is 1. The van der Waals surface area contributed by atoms with Gasteiger partial charge < -0.3 is 10.1 Å². The molecule has 0 aliphatic rings. The summed E-state index contributed by atoms with van der Waals surface area (Å²) in [4.78, 5) is 0. The van der Waals surface area contributed by atoms with Crippen LogP contribution in [-0.4, -0.2) is 6.54 Å². The molecule has 1 unspecified atom stereocenters. The van der Waals surface area contributed by atoms with E-state index in [9.17, 15) is 5.26 Å². The second kappa shape index (κ2) is 9.25. The van der Waals surface area contributed by atoms with Gasteiger partial charge in [0.2, 0.25) is 0 Å². The van der Waals surface area contributed by atoms with Crippen molar-refractivity contribution in [3.05, 3.63) is 94.0 Å². The number of benzene rings is 3. The predicted octanol–water partition coefficient (Wildman–Crippen LogP) is 6.06. The lowest BCUT2D eigenvalue weighted by Gasteiger charge is -2.18. The molecule has 0 spiro atoms. The lowest BCUT2D eigenvalue weighted by atomic mass is 9.99. The Labute approximate surface area is 168 Å². The van der Waals surface area contributed by atoms with Crippen LogP contribution in [0.1, 0.15) is 22.6 Å². The summed E-state index contributed by atoms with van der Waals surface area (Å²) in [7, 11) is 0. The molecule has 3 aromatic carbocycles. The molecule has 4 heteroatoms. The van der Waals surface area contributed by atoms with Crippen LogP contribution in [0.3, 0.4) is 0 Å². The number of aryl methyl sites for hydroxylation is 1. The average Bonchev–Trinajstić information content (AvgIpc) is 2.70. The van der Waals surface area contributed by atoms with E-state index in [1.165, 1.54) is 0 Å². The Kier molecular flexibility index (Phi) is 6.51. The number of hydrogen-bond acceptors (Lipinski definition) is 3. The van der Waals surface area contributed by atoms with Crippen molar-refractivity contribution in [2.75, 3.05) is 11.9 Å². The number of rotatable bonds is 7. The second-order valence-electron chi connectivity index (χ2n) is 6.33. The van der Waals surface area contributed by atoms with Crippen LogP contribution in [0.15, 0.2) is 77.3 Å². The normalized spacial score (nSPS) is 11.4. The summed E-state index contributed by atoms with van der Waals surface area (Å²) in [5, 5.41) is 13.2. The van der Waals surface area contributed by atoms with E-state index in [0.29, 0.717) is 13.2 Å². The number of ether oxygens (including phenoxy) is 1. The van der Waals surface area contributed by atoms with Crippen molar-refractivity contribution in [2.45, 2.75) is 19.4 Å².